The van der Waals surface area contributed by atoms with Gasteiger partial charge >= 0.3 is 0 Å². The van der Waals surface area contributed by atoms with Gasteiger partial charge in [0.1, 0.15) is 13.1 Å². The molecular formula is C11H13BN3. The van der Waals surface area contributed by atoms with Gasteiger partial charge in [0, 0.05) is 6.42 Å². The summed E-state index contributed by atoms with van der Waals surface area (Å²) in [6, 6.07) is 6.15. The van der Waals surface area contributed by atoms with Crippen molar-refractivity contribution in [1.29, 1.82) is 10.8 Å². The van der Waals surface area contributed by atoms with Gasteiger partial charge in [-0.25, -0.2) is 0 Å². The number of rotatable bonds is 2. The van der Waals surface area contributed by atoms with E-state index in [4.69, 9.17) is 10.8 Å². The van der Waals surface area contributed by atoms with Crippen LogP contribution in [0.2, 0.25) is 6.82 Å². The average molecular weight is 198 g/mol. The van der Waals surface area contributed by atoms with E-state index in [-0.39, 0.29) is 0 Å². The summed E-state index contributed by atoms with van der Waals surface area (Å²) in [7, 11) is 2.06. The van der Waals surface area contributed by atoms with Crippen LogP contribution < -0.4 is 10.4 Å². The SMILES string of the molecule is C[B]c1ccc2c(c1)CCC(=N)N2C=N. The van der Waals surface area contributed by atoms with Crippen LogP contribution >= 0.6 is 0 Å². The molecule has 1 heterocycles. The first-order chi connectivity index (χ1) is 7.26. The van der Waals surface area contributed by atoms with Crippen LogP contribution in [0.4, 0.5) is 5.69 Å². The molecule has 0 fully saturated rings. The van der Waals surface area contributed by atoms with Crippen molar-refractivity contribution in [3.8, 4) is 0 Å². The van der Waals surface area contributed by atoms with Crippen LogP contribution in [-0.2, 0) is 6.42 Å². The van der Waals surface area contributed by atoms with E-state index in [1.807, 2.05) is 19.0 Å². The average Bonchev–Trinajstić information content (AvgIpc) is 2.28. The van der Waals surface area contributed by atoms with Crippen LogP contribution in [0.15, 0.2) is 18.2 Å². The third kappa shape index (κ3) is 1.67. The number of nitrogens with one attached hydrogen (secondary N) is 2. The topological polar surface area (TPSA) is 50.9 Å². The molecule has 0 atom stereocenters. The van der Waals surface area contributed by atoms with Gasteiger partial charge in [-0.3, -0.25) is 15.7 Å². The van der Waals surface area contributed by atoms with Gasteiger partial charge in [-0.05, 0) is 18.1 Å². The van der Waals surface area contributed by atoms with Crippen LogP contribution in [0.5, 0.6) is 0 Å². The Morgan fingerprint density at radius 3 is 2.87 bits per heavy atom. The number of anilines is 1. The molecule has 2 N–H and O–H groups in total. The zero-order valence-corrected chi connectivity index (χ0v) is 8.75. The minimum absolute atomic E-state index is 0.505. The highest BCUT2D eigenvalue weighted by Crippen LogP contribution is 2.25. The Kier molecular flexibility index (Phi) is 2.58. The molecule has 0 saturated heterocycles. The van der Waals surface area contributed by atoms with E-state index in [9.17, 15) is 0 Å². The Labute approximate surface area is 90.4 Å². The van der Waals surface area contributed by atoms with Crippen molar-refractivity contribution >= 4 is 30.6 Å². The maximum atomic E-state index is 7.74. The van der Waals surface area contributed by atoms with E-state index in [1.165, 1.54) is 17.4 Å². The Morgan fingerprint density at radius 1 is 1.40 bits per heavy atom. The lowest BCUT2D eigenvalue weighted by atomic mass is 9.72. The molecule has 0 aromatic heterocycles. The van der Waals surface area contributed by atoms with E-state index >= 15 is 0 Å². The summed E-state index contributed by atoms with van der Waals surface area (Å²) in [5.74, 6) is 0.505. The molecule has 1 radical (unpaired) electrons. The van der Waals surface area contributed by atoms with E-state index < -0.39 is 0 Å². The molecule has 15 heavy (non-hydrogen) atoms. The fourth-order valence-electron chi connectivity index (χ4n) is 1.89. The molecule has 1 aliphatic rings. The molecule has 0 amide bonds. The standard InChI is InChI=1S/C11H13BN3/c1-12-9-3-4-10-8(6-9)2-5-11(14)15(10)7-13/h3-4,6-7,13-14H,2,5H2,1H3. The van der Waals surface area contributed by atoms with Gasteiger partial charge in [-0.15, -0.1) is 0 Å². The number of amidine groups is 1. The number of fused-ring (bicyclic) bond motifs is 1. The van der Waals surface area contributed by atoms with E-state index in [0.717, 1.165) is 18.5 Å². The van der Waals surface area contributed by atoms with Crippen molar-refractivity contribution in [3.05, 3.63) is 23.8 Å². The van der Waals surface area contributed by atoms with Crippen molar-refractivity contribution in [2.45, 2.75) is 19.7 Å². The number of benzene rings is 1. The third-order valence-corrected chi connectivity index (χ3v) is 2.75. The summed E-state index contributed by atoms with van der Waals surface area (Å²) >= 11 is 0. The summed E-state index contributed by atoms with van der Waals surface area (Å²) in [6.07, 6.45) is 2.84. The number of hydrogen-bond donors (Lipinski definition) is 2. The van der Waals surface area contributed by atoms with Crippen LogP contribution in [0.25, 0.3) is 0 Å². The molecule has 1 aromatic rings. The lowest BCUT2D eigenvalue weighted by Gasteiger charge is -2.28. The van der Waals surface area contributed by atoms with Crippen molar-refractivity contribution < 1.29 is 0 Å². The van der Waals surface area contributed by atoms with E-state index in [2.05, 4.69) is 13.3 Å². The predicted molar refractivity (Wildman–Crippen MR) is 65.0 cm³/mol. The third-order valence-electron chi connectivity index (χ3n) is 2.75. The quantitative estimate of drug-likeness (QED) is 0.421. The van der Waals surface area contributed by atoms with Gasteiger partial charge in [0.05, 0.1) is 12.0 Å². The number of nitrogens with zero attached hydrogens (tertiary/aromatic N) is 1. The van der Waals surface area contributed by atoms with Gasteiger partial charge in [0.15, 0.2) is 0 Å². The first-order valence-corrected chi connectivity index (χ1v) is 5.06. The molecular weight excluding hydrogens is 185 g/mol. The lowest BCUT2D eigenvalue weighted by Crippen LogP contribution is -2.33. The van der Waals surface area contributed by atoms with Crippen LogP contribution in [-0.4, -0.2) is 19.5 Å². The second kappa shape index (κ2) is 3.89. The Balaban J connectivity index is 2.46. The number of aryl methyl sites for hydroxylation is 1. The van der Waals surface area contributed by atoms with E-state index in [1.54, 1.807) is 4.90 Å². The molecule has 1 aromatic carbocycles. The largest absolute Gasteiger partial charge is 0.291 e. The first kappa shape index (κ1) is 9.96. The molecule has 0 saturated carbocycles. The molecule has 0 bridgehead atoms. The fourth-order valence-corrected chi connectivity index (χ4v) is 1.89. The van der Waals surface area contributed by atoms with Crippen LogP contribution in [0, 0.1) is 10.8 Å². The maximum Gasteiger partial charge on any atom is 0.148 e. The second-order valence-electron chi connectivity index (χ2n) is 3.62. The van der Waals surface area contributed by atoms with Gasteiger partial charge in [0.2, 0.25) is 0 Å². The highest BCUT2D eigenvalue weighted by molar-refractivity contribution is 6.52. The second-order valence-corrected chi connectivity index (χ2v) is 3.62. The minimum atomic E-state index is 0.505. The van der Waals surface area contributed by atoms with Crippen molar-refractivity contribution in [3.63, 3.8) is 0 Å². The van der Waals surface area contributed by atoms with Crippen molar-refractivity contribution in [1.82, 2.24) is 0 Å². The molecule has 4 heteroatoms. The minimum Gasteiger partial charge on any atom is -0.291 e. The van der Waals surface area contributed by atoms with Crippen molar-refractivity contribution in [2.24, 2.45) is 0 Å². The molecule has 1 aliphatic heterocycles. The fraction of sp³-hybridized carbons (Fsp3) is 0.273. The molecule has 75 valence electrons. The smallest absolute Gasteiger partial charge is 0.148 e. The zero-order chi connectivity index (χ0) is 10.8. The Hall–Kier alpha value is -1.58. The maximum absolute atomic E-state index is 7.74. The van der Waals surface area contributed by atoms with Crippen molar-refractivity contribution in [2.75, 3.05) is 4.90 Å². The normalized spacial score (nSPS) is 14.7. The van der Waals surface area contributed by atoms with E-state index in [0.29, 0.717) is 5.84 Å². The highest BCUT2D eigenvalue weighted by atomic mass is 15.2. The zero-order valence-electron chi connectivity index (χ0n) is 8.75. The Bertz CT molecular complexity index is 414. The summed E-state index contributed by atoms with van der Waals surface area (Å²) in [6.45, 7) is 2.01. The molecule has 3 nitrogen and oxygen atoms in total. The van der Waals surface area contributed by atoms with Gasteiger partial charge in [-0.1, -0.05) is 24.4 Å². The van der Waals surface area contributed by atoms with Gasteiger partial charge < -0.3 is 0 Å². The number of hydrogen-bond acceptors (Lipinski definition) is 2. The summed E-state index contributed by atoms with van der Waals surface area (Å²) in [5.41, 5.74) is 3.41. The summed E-state index contributed by atoms with van der Waals surface area (Å²) < 4.78 is 0. The van der Waals surface area contributed by atoms with Gasteiger partial charge in [-0.2, -0.15) is 0 Å². The lowest BCUT2D eigenvalue weighted by molar-refractivity contribution is 0.975. The summed E-state index contributed by atoms with van der Waals surface area (Å²) in [5, 5.41) is 15.1. The molecule has 0 unspecified atom stereocenters. The Morgan fingerprint density at radius 2 is 2.20 bits per heavy atom. The van der Waals surface area contributed by atoms with Gasteiger partial charge in [0.25, 0.3) is 0 Å². The van der Waals surface area contributed by atoms with Crippen LogP contribution in [0.3, 0.4) is 0 Å². The molecule has 2 rings (SSSR count). The predicted octanol–water partition coefficient (Wildman–Crippen LogP) is 1.40. The summed E-state index contributed by atoms with van der Waals surface area (Å²) in [4.78, 5) is 1.64. The monoisotopic (exact) mass is 198 g/mol. The molecule has 0 spiro atoms. The highest BCUT2D eigenvalue weighted by Gasteiger charge is 2.19. The van der Waals surface area contributed by atoms with Crippen LogP contribution in [0.1, 0.15) is 12.0 Å². The molecule has 0 aliphatic carbocycles. The first-order valence-electron chi connectivity index (χ1n) is 5.06.